The summed E-state index contributed by atoms with van der Waals surface area (Å²) in [5, 5.41) is 27.1. The van der Waals surface area contributed by atoms with Gasteiger partial charge in [-0.3, -0.25) is 4.90 Å². The Morgan fingerprint density at radius 2 is 1.86 bits per heavy atom. The van der Waals surface area contributed by atoms with Crippen molar-refractivity contribution < 1.29 is 5.11 Å². The number of β-amino-alcohol motifs (C(OH)–C–C–N with tert-alkyl or cyclic N) is 1. The molecule has 0 saturated carbocycles. The van der Waals surface area contributed by atoms with Crippen LogP contribution in [0.15, 0.2) is 0 Å². The summed E-state index contributed by atoms with van der Waals surface area (Å²) in [5.41, 5.74) is 2.64. The summed E-state index contributed by atoms with van der Waals surface area (Å²) in [6, 6.07) is 2.33. The Bertz CT molecular complexity index is 518. The lowest BCUT2D eigenvalue weighted by Crippen LogP contribution is -2.47. The van der Waals surface area contributed by atoms with Gasteiger partial charge in [-0.2, -0.15) is 10.4 Å². The van der Waals surface area contributed by atoms with Gasteiger partial charge in [0, 0.05) is 32.7 Å². The zero-order valence-corrected chi connectivity index (χ0v) is 12.8. The largest absolute Gasteiger partial charge is 0.395 e. The third-order valence-electron chi connectivity index (χ3n) is 4.03. The smallest absolute Gasteiger partial charge is 0.169 e. The zero-order valence-electron chi connectivity index (χ0n) is 12.8. The minimum absolute atomic E-state index is 0.189. The number of nitriles is 1. The van der Waals surface area contributed by atoms with Crippen molar-refractivity contribution in [3.63, 3.8) is 0 Å². The first-order valence-electron chi connectivity index (χ1n) is 7.61. The van der Waals surface area contributed by atoms with Gasteiger partial charge in [0.05, 0.1) is 12.3 Å². The molecule has 1 N–H and O–H groups in total. The summed E-state index contributed by atoms with van der Waals surface area (Å²) in [6.45, 7) is 8.38. The topological polar surface area (TPSA) is 76.3 Å². The average Bonchev–Trinajstić information content (AvgIpc) is 2.54. The van der Waals surface area contributed by atoms with Gasteiger partial charge in [0.15, 0.2) is 5.82 Å². The molecular formula is C15H23N5O. The van der Waals surface area contributed by atoms with Gasteiger partial charge in [0.2, 0.25) is 0 Å². The van der Waals surface area contributed by atoms with Crippen LogP contribution in [0.1, 0.15) is 30.7 Å². The van der Waals surface area contributed by atoms with Crippen LogP contribution >= 0.6 is 0 Å². The van der Waals surface area contributed by atoms with E-state index in [1.54, 1.807) is 0 Å². The van der Waals surface area contributed by atoms with Crippen molar-refractivity contribution in [2.75, 3.05) is 44.2 Å². The summed E-state index contributed by atoms with van der Waals surface area (Å²) >= 11 is 0. The second-order valence-electron chi connectivity index (χ2n) is 5.20. The predicted molar refractivity (Wildman–Crippen MR) is 81.2 cm³/mol. The van der Waals surface area contributed by atoms with E-state index >= 15 is 0 Å². The molecule has 2 rings (SSSR count). The Balaban J connectivity index is 2.23. The molecule has 1 aliphatic rings. The SMILES string of the molecule is CCc1nnc(N2CCN(CCO)CC2)c(C#N)c1CC. The molecule has 21 heavy (non-hydrogen) atoms. The summed E-state index contributed by atoms with van der Waals surface area (Å²) in [7, 11) is 0. The normalized spacial score (nSPS) is 16.0. The Morgan fingerprint density at radius 1 is 1.14 bits per heavy atom. The fraction of sp³-hybridized carbons (Fsp3) is 0.667. The number of aliphatic hydroxyl groups is 1. The van der Waals surface area contributed by atoms with E-state index in [9.17, 15) is 5.26 Å². The van der Waals surface area contributed by atoms with E-state index in [-0.39, 0.29) is 6.61 Å². The maximum Gasteiger partial charge on any atom is 0.169 e. The molecule has 1 aliphatic heterocycles. The van der Waals surface area contributed by atoms with Crippen molar-refractivity contribution in [3.8, 4) is 6.07 Å². The molecule has 6 nitrogen and oxygen atoms in total. The van der Waals surface area contributed by atoms with Crippen LogP contribution < -0.4 is 4.90 Å². The van der Waals surface area contributed by atoms with E-state index < -0.39 is 0 Å². The van der Waals surface area contributed by atoms with Crippen LogP contribution in [0.2, 0.25) is 0 Å². The number of piperazine rings is 1. The molecule has 0 aliphatic carbocycles. The molecule has 0 amide bonds. The highest BCUT2D eigenvalue weighted by atomic mass is 16.3. The average molecular weight is 289 g/mol. The second-order valence-corrected chi connectivity index (χ2v) is 5.20. The van der Waals surface area contributed by atoms with Gasteiger partial charge in [-0.25, -0.2) is 0 Å². The van der Waals surface area contributed by atoms with Crippen LogP contribution in [-0.2, 0) is 12.8 Å². The lowest BCUT2D eigenvalue weighted by molar-refractivity contribution is 0.188. The number of aromatic nitrogens is 2. The van der Waals surface area contributed by atoms with Gasteiger partial charge >= 0.3 is 0 Å². The molecule has 2 heterocycles. The van der Waals surface area contributed by atoms with Crippen LogP contribution in [0.3, 0.4) is 0 Å². The number of rotatable bonds is 5. The Kier molecular flexibility index (Phi) is 5.48. The highest BCUT2D eigenvalue weighted by Crippen LogP contribution is 2.24. The fourth-order valence-corrected chi connectivity index (χ4v) is 2.83. The van der Waals surface area contributed by atoms with Crippen LogP contribution in [0.4, 0.5) is 5.82 Å². The summed E-state index contributed by atoms with van der Waals surface area (Å²) in [6.07, 6.45) is 1.61. The minimum atomic E-state index is 0.189. The maximum absolute atomic E-state index is 9.53. The van der Waals surface area contributed by atoms with E-state index in [2.05, 4.69) is 33.0 Å². The molecule has 0 atom stereocenters. The van der Waals surface area contributed by atoms with Crippen molar-refractivity contribution in [2.24, 2.45) is 0 Å². The number of hydrogen-bond donors (Lipinski definition) is 1. The first kappa shape index (κ1) is 15.7. The first-order chi connectivity index (χ1) is 10.2. The number of anilines is 1. The number of hydrogen-bond acceptors (Lipinski definition) is 6. The van der Waals surface area contributed by atoms with Crippen molar-refractivity contribution in [2.45, 2.75) is 26.7 Å². The van der Waals surface area contributed by atoms with Crippen LogP contribution in [0.5, 0.6) is 0 Å². The number of aliphatic hydroxyl groups excluding tert-OH is 1. The van der Waals surface area contributed by atoms with E-state index in [1.165, 1.54) is 0 Å². The maximum atomic E-state index is 9.53. The summed E-state index contributed by atoms with van der Waals surface area (Å²) in [4.78, 5) is 4.36. The Labute approximate surface area is 126 Å². The second kappa shape index (κ2) is 7.34. The van der Waals surface area contributed by atoms with E-state index in [0.717, 1.165) is 56.1 Å². The third-order valence-corrected chi connectivity index (χ3v) is 4.03. The quantitative estimate of drug-likeness (QED) is 0.855. The molecular weight excluding hydrogens is 266 g/mol. The number of aryl methyl sites for hydroxylation is 1. The summed E-state index contributed by atoms with van der Waals surface area (Å²) < 4.78 is 0. The Morgan fingerprint density at radius 3 is 2.38 bits per heavy atom. The molecule has 1 fully saturated rings. The van der Waals surface area contributed by atoms with E-state index in [4.69, 9.17) is 5.11 Å². The standard InChI is InChI=1S/C15H23N5O/c1-3-12-13(11-16)15(18-17-14(12)4-2)20-7-5-19(6-8-20)9-10-21/h21H,3-10H2,1-2H3. The molecule has 6 heteroatoms. The van der Waals surface area contributed by atoms with Gasteiger partial charge in [-0.1, -0.05) is 13.8 Å². The van der Waals surface area contributed by atoms with Crippen molar-refractivity contribution in [1.29, 1.82) is 5.26 Å². The van der Waals surface area contributed by atoms with Crippen LogP contribution in [-0.4, -0.2) is 59.5 Å². The van der Waals surface area contributed by atoms with Gasteiger partial charge < -0.3 is 10.0 Å². The van der Waals surface area contributed by atoms with Crippen molar-refractivity contribution in [3.05, 3.63) is 16.8 Å². The zero-order chi connectivity index (χ0) is 15.2. The molecule has 0 spiro atoms. The molecule has 0 bridgehead atoms. The van der Waals surface area contributed by atoms with E-state index in [0.29, 0.717) is 12.1 Å². The molecule has 0 aromatic carbocycles. The lowest BCUT2D eigenvalue weighted by atomic mass is 10.0. The molecule has 1 aromatic heterocycles. The Hall–Kier alpha value is -1.71. The van der Waals surface area contributed by atoms with Gasteiger partial charge in [0.1, 0.15) is 11.6 Å². The van der Waals surface area contributed by atoms with Crippen LogP contribution in [0.25, 0.3) is 0 Å². The molecule has 114 valence electrons. The first-order valence-corrected chi connectivity index (χ1v) is 7.61. The summed E-state index contributed by atoms with van der Waals surface area (Å²) in [5.74, 6) is 0.718. The van der Waals surface area contributed by atoms with Gasteiger partial charge in [0.25, 0.3) is 0 Å². The minimum Gasteiger partial charge on any atom is -0.395 e. The number of nitrogens with zero attached hydrogens (tertiary/aromatic N) is 5. The van der Waals surface area contributed by atoms with Crippen molar-refractivity contribution >= 4 is 5.82 Å². The van der Waals surface area contributed by atoms with Crippen LogP contribution in [0, 0.1) is 11.3 Å². The molecule has 1 aromatic rings. The highest BCUT2D eigenvalue weighted by Gasteiger charge is 2.23. The highest BCUT2D eigenvalue weighted by molar-refractivity contribution is 5.58. The van der Waals surface area contributed by atoms with Gasteiger partial charge in [-0.05, 0) is 18.4 Å². The van der Waals surface area contributed by atoms with Gasteiger partial charge in [-0.15, -0.1) is 5.10 Å². The fourth-order valence-electron chi connectivity index (χ4n) is 2.83. The third kappa shape index (κ3) is 3.31. The monoisotopic (exact) mass is 289 g/mol. The molecule has 1 saturated heterocycles. The molecule has 0 radical (unpaired) electrons. The molecule has 0 unspecified atom stereocenters. The lowest BCUT2D eigenvalue weighted by Gasteiger charge is -2.35. The predicted octanol–water partition coefficient (Wildman–Crippen LogP) is 0.587. The van der Waals surface area contributed by atoms with Crippen molar-refractivity contribution in [1.82, 2.24) is 15.1 Å². The van der Waals surface area contributed by atoms with E-state index in [1.807, 2.05) is 6.92 Å².